The highest BCUT2D eigenvalue weighted by Crippen LogP contribution is 2.09. The number of carbonyl (C=O) groups excluding carboxylic acids is 1. The molecule has 0 aromatic heterocycles. The molecule has 15 heavy (non-hydrogen) atoms. The molecule has 0 aromatic carbocycles. The minimum absolute atomic E-state index is 0.187. The molecule has 0 aliphatic carbocycles. The number of primary amides is 1. The molecule has 4 nitrogen and oxygen atoms in total. The minimum atomic E-state index is -0.235. The van der Waals surface area contributed by atoms with Crippen LogP contribution in [0.4, 0.5) is 0 Å². The number of carbonyl (C=O) groups is 1. The molecular formula is C11H23N3O. The van der Waals surface area contributed by atoms with E-state index in [1.54, 1.807) is 0 Å². The van der Waals surface area contributed by atoms with Gasteiger partial charge in [-0.3, -0.25) is 4.79 Å². The van der Waals surface area contributed by atoms with Crippen molar-refractivity contribution in [3.63, 3.8) is 0 Å². The quantitative estimate of drug-likeness (QED) is 0.692. The predicted octanol–water partition coefficient (Wildman–Crippen LogP) is 0.326. The van der Waals surface area contributed by atoms with Crippen molar-refractivity contribution in [3.05, 3.63) is 0 Å². The molecular weight excluding hydrogens is 190 g/mol. The van der Waals surface area contributed by atoms with Gasteiger partial charge >= 0.3 is 0 Å². The molecule has 1 rings (SSSR count). The number of nitrogens with one attached hydrogen (secondary N) is 1. The lowest BCUT2D eigenvalue weighted by Gasteiger charge is -2.24. The number of likely N-dealkylation sites (N-methyl/N-ethyl adjacent to an activating group) is 1. The van der Waals surface area contributed by atoms with Gasteiger partial charge < -0.3 is 16.0 Å². The lowest BCUT2D eigenvalue weighted by atomic mass is 10.2. The Bertz CT molecular complexity index is 188. The summed E-state index contributed by atoms with van der Waals surface area (Å²) in [6.45, 7) is 5.77. The van der Waals surface area contributed by atoms with E-state index in [1.165, 1.54) is 25.7 Å². The molecule has 1 fully saturated rings. The van der Waals surface area contributed by atoms with E-state index in [9.17, 15) is 4.79 Å². The smallest absolute Gasteiger partial charge is 0.235 e. The van der Waals surface area contributed by atoms with Crippen molar-refractivity contribution in [1.82, 2.24) is 10.2 Å². The van der Waals surface area contributed by atoms with Gasteiger partial charge in [-0.1, -0.05) is 19.8 Å². The standard InChI is InChI=1S/C11H23N3O/c1-2-13-10(11(12)15)9-14-7-5-3-4-6-8-14/h10,13H,2-9H2,1H3,(H2,12,15). The topological polar surface area (TPSA) is 58.4 Å². The first-order valence-corrected chi connectivity index (χ1v) is 5.99. The number of rotatable bonds is 5. The number of likely N-dealkylation sites (tertiary alicyclic amines) is 1. The van der Waals surface area contributed by atoms with Crippen molar-refractivity contribution in [1.29, 1.82) is 0 Å². The fourth-order valence-electron chi connectivity index (χ4n) is 2.08. The Kier molecular flexibility index (Phi) is 5.65. The van der Waals surface area contributed by atoms with Crippen molar-refractivity contribution in [2.75, 3.05) is 26.2 Å². The number of amides is 1. The minimum Gasteiger partial charge on any atom is -0.368 e. The van der Waals surface area contributed by atoms with Crippen LogP contribution in [-0.2, 0) is 4.79 Å². The summed E-state index contributed by atoms with van der Waals surface area (Å²) in [5.41, 5.74) is 5.35. The van der Waals surface area contributed by atoms with Gasteiger partial charge in [-0.05, 0) is 32.5 Å². The molecule has 0 spiro atoms. The molecule has 1 unspecified atom stereocenters. The first kappa shape index (κ1) is 12.5. The van der Waals surface area contributed by atoms with Crippen molar-refractivity contribution in [3.8, 4) is 0 Å². The highest BCUT2D eigenvalue weighted by Gasteiger charge is 2.18. The molecule has 4 heteroatoms. The SMILES string of the molecule is CCNC(CN1CCCCCC1)C(N)=O. The van der Waals surface area contributed by atoms with E-state index < -0.39 is 0 Å². The fourth-order valence-corrected chi connectivity index (χ4v) is 2.08. The second-order valence-corrected chi connectivity index (χ2v) is 4.23. The van der Waals surface area contributed by atoms with Crippen LogP contribution in [0.5, 0.6) is 0 Å². The molecule has 1 aliphatic rings. The average Bonchev–Trinajstić information content (AvgIpc) is 2.45. The Balaban J connectivity index is 2.37. The molecule has 1 amide bonds. The van der Waals surface area contributed by atoms with Gasteiger partial charge in [0.1, 0.15) is 0 Å². The number of nitrogens with two attached hydrogens (primary N) is 1. The summed E-state index contributed by atoms with van der Waals surface area (Å²) in [5, 5.41) is 3.13. The van der Waals surface area contributed by atoms with E-state index in [-0.39, 0.29) is 11.9 Å². The van der Waals surface area contributed by atoms with Crippen LogP contribution >= 0.6 is 0 Å². The highest BCUT2D eigenvalue weighted by atomic mass is 16.1. The Labute approximate surface area is 92.2 Å². The first-order chi connectivity index (χ1) is 7.24. The van der Waals surface area contributed by atoms with E-state index in [0.717, 1.165) is 26.2 Å². The number of nitrogens with zero attached hydrogens (tertiary/aromatic N) is 1. The second-order valence-electron chi connectivity index (χ2n) is 4.23. The van der Waals surface area contributed by atoms with Crippen molar-refractivity contribution < 1.29 is 4.79 Å². The Hall–Kier alpha value is -0.610. The highest BCUT2D eigenvalue weighted by molar-refractivity contribution is 5.80. The third-order valence-electron chi connectivity index (χ3n) is 2.93. The lowest BCUT2D eigenvalue weighted by molar-refractivity contribution is -0.120. The fraction of sp³-hybridized carbons (Fsp3) is 0.909. The molecule has 1 aliphatic heterocycles. The average molecular weight is 213 g/mol. The summed E-state index contributed by atoms with van der Waals surface area (Å²) in [4.78, 5) is 13.5. The van der Waals surface area contributed by atoms with Crippen LogP contribution in [0.25, 0.3) is 0 Å². The largest absolute Gasteiger partial charge is 0.368 e. The third kappa shape index (κ3) is 4.62. The van der Waals surface area contributed by atoms with E-state index in [1.807, 2.05) is 6.92 Å². The molecule has 88 valence electrons. The molecule has 1 atom stereocenters. The zero-order valence-electron chi connectivity index (χ0n) is 9.67. The summed E-state index contributed by atoms with van der Waals surface area (Å²) in [6.07, 6.45) is 5.13. The monoisotopic (exact) mass is 213 g/mol. The molecule has 0 bridgehead atoms. The molecule has 3 N–H and O–H groups in total. The van der Waals surface area contributed by atoms with Gasteiger partial charge in [0.05, 0.1) is 6.04 Å². The number of hydrogen-bond acceptors (Lipinski definition) is 3. The van der Waals surface area contributed by atoms with E-state index >= 15 is 0 Å². The van der Waals surface area contributed by atoms with E-state index in [2.05, 4.69) is 10.2 Å². The van der Waals surface area contributed by atoms with Gasteiger partial charge in [0.2, 0.25) is 5.91 Å². The normalized spacial score (nSPS) is 20.9. The van der Waals surface area contributed by atoms with Gasteiger partial charge in [0.25, 0.3) is 0 Å². The second kappa shape index (κ2) is 6.80. The summed E-state index contributed by atoms with van der Waals surface area (Å²) in [7, 11) is 0. The molecule has 0 saturated carbocycles. The molecule has 1 heterocycles. The van der Waals surface area contributed by atoms with Gasteiger partial charge in [-0.25, -0.2) is 0 Å². The van der Waals surface area contributed by atoms with Crippen LogP contribution in [-0.4, -0.2) is 43.0 Å². The first-order valence-electron chi connectivity index (χ1n) is 5.99. The summed E-state index contributed by atoms with van der Waals surface area (Å²) < 4.78 is 0. The van der Waals surface area contributed by atoms with E-state index in [4.69, 9.17) is 5.73 Å². The molecule has 0 aromatic rings. The summed E-state index contributed by atoms with van der Waals surface area (Å²) in [5.74, 6) is -0.235. The van der Waals surface area contributed by atoms with Crippen LogP contribution in [0.2, 0.25) is 0 Å². The van der Waals surface area contributed by atoms with Crippen LogP contribution < -0.4 is 11.1 Å². The van der Waals surface area contributed by atoms with Crippen LogP contribution in [0, 0.1) is 0 Å². The zero-order valence-corrected chi connectivity index (χ0v) is 9.67. The maximum Gasteiger partial charge on any atom is 0.235 e. The van der Waals surface area contributed by atoms with Crippen LogP contribution in [0.15, 0.2) is 0 Å². The van der Waals surface area contributed by atoms with Crippen LogP contribution in [0.3, 0.4) is 0 Å². The Morgan fingerprint density at radius 3 is 2.40 bits per heavy atom. The van der Waals surface area contributed by atoms with Gasteiger partial charge in [0.15, 0.2) is 0 Å². The van der Waals surface area contributed by atoms with Gasteiger partial charge in [-0.15, -0.1) is 0 Å². The molecule has 1 saturated heterocycles. The van der Waals surface area contributed by atoms with Crippen molar-refractivity contribution in [2.24, 2.45) is 5.73 Å². The van der Waals surface area contributed by atoms with Gasteiger partial charge in [0, 0.05) is 6.54 Å². The number of hydrogen-bond donors (Lipinski definition) is 2. The predicted molar refractivity (Wildman–Crippen MR) is 61.6 cm³/mol. The van der Waals surface area contributed by atoms with E-state index in [0.29, 0.717) is 0 Å². The van der Waals surface area contributed by atoms with Crippen molar-refractivity contribution in [2.45, 2.75) is 38.6 Å². The molecule has 0 radical (unpaired) electrons. The van der Waals surface area contributed by atoms with Crippen molar-refractivity contribution >= 4 is 5.91 Å². The summed E-state index contributed by atoms with van der Waals surface area (Å²) >= 11 is 0. The Morgan fingerprint density at radius 1 is 1.33 bits per heavy atom. The lowest BCUT2D eigenvalue weighted by Crippen LogP contribution is -2.49. The summed E-state index contributed by atoms with van der Waals surface area (Å²) in [6, 6.07) is -0.187. The van der Waals surface area contributed by atoms with Crippen LogP contribution in [0.1, 0.15) is 32.6 Å². The maximum atomic E-state index is 11.2. The Morgan fingerprint density at radius 2 is 1.93 bits per heavy atom. The maximum absolute atomic E-state index is 11.2. The zero-order chi connectivity index (χ0) is 11.1. The van der Waals surface area contributed by atoms with Gasteiger partial charge in [-0.2, -0.15) is 0 Å². The third-order valence-corrected chi connectivity index (χ3v) is 2.93.